The Balaban J connectivity index is 1.63. The van der Waals surface area contributed by atoms with Crippen molar-refractivity contribution in [1.82, 2.24) is 10.2 Å². The third kappa shape index (κ3) is 2.53. The molecule has 0 amide bonds. The lowest BCUT2D eigenvalue weighted by Gasteiger charge is -2.24. The van der Waals surface area contributed by atoms with E-state index in [4.69, 9.17) is 0 Å². The highest BCUT2D eigenvalue weighted by Gasteiger charge is 2.33. The van der Waals surface area contributed by atoms with Gasteiger partial charge in [-0.1, -0.05) is 29.8 Å². The van der Waals surface area contributed by atoms with E-state index in [0.29, 0.717) is 0 Å². The Kier molecular flexibility index (Phi) is 3.17. The maximum Gasteiger partial charge on any atom is 0.0235 e. The van der Waals surface area contributed by atoms with E-state index in [9.17, 15) is 0 Å². The van der Waals surface area contributed by atoms with Crippen LogP contribution in [0.5, 0.6) is 0 Å². The van der Waals surface area contributed by atoms with Crippen molar-refractivity contribution in [2.45, 2.75) is 32.4 Å². The minimum atomic E-state index is 0.758. The molecule has 2 saturated heterocycles. The summed E-state index contributed by atoms with van der Waals surface area (Å²) < 4.78 is 0. The van der Waals surface area contributed by atoms with Crippen LogP contribution in [0.1, 0.15) is 24.0 Å². The maximum atomic E-state index is 3.67. The Morgan fingerprint density at radius 1 is 1.35 bits per heavy atom. The van der Waals surface area contributed by atoms with E-state index in [1.807, 2.05) is 0 Å². The molecule has 2 aliphatic rings. The number of fused-ring (bicyclic) bond motifs is 1. The van der Waals surface area contributed by atoms with Crippen LogP contribution < -0.4 is 5.32 Å². The molecule has 2 heteroatoms. The van der Waals surface area contributed by atoms with Crippen LogP contribution >= 0.6 is 0 Å². The molecule has 92 valence electrons. The first-order valence-corrected chi connectivity index (χ1v) is 6.82. The number of hydrogen-bond acceptors (Lipinski definition) is 2. The second-order valence-electron chi connectivity index (χ2n) is 5.65. The highest BCUT2D eigenvalue weighted by molar-refractivity contribution is 5.22. The van der Waals surface area contributed by atoms with Crippen LogP contribution in [0.2, 0.25) is 0 Å². The summed E-state index contributed by atoms with van der Waals surface area (Å²) in [6.45, 7) is 7.04. The van der Waals surface area contributed by atoms with Crippen molar-refractivity contribution < 1.29 is 0 Å². The molecule has 1 aromatic rings. The molecule has 0 saturated carbocycles. The lowest BCUT2D eigenvalue weighted by Crippen LogP contribution is -2.40. The van der Waals surface area contributed by atoms with E-state index in [2.05, 4.69) is 41.4 Å². The summed E-state index contributed by atoms with van der Waals surface area (Å²) in [5.74, 6) is 0.897. The van der Waals surface area contributed by atoms with Gasteiger partial charge in [0.2, 0.25) is 0 Å². The Labute approximate surface area is 104 Å². The second kappa shape index (κ2) is 4.79. The average molecular weight is 230 g/mol. The van der Waals surface area contributed by atoms with E-state index in [-0.39, 0.29) is 0 Å². The zero-order chi connectivity index (χ0) is 11.7. The smallest absolute Gasteiger partial charge is 0.0235 e. The number of benzene rings is 1. The van der Waals surface area contributed by atoms with Crippen molar-refractivity contribution in [3.05, 3.63) is 35.4 Å². The standard InChI is InChI=1S/C15H22N2/c1-12-4-2-5-13(8-12)9-17-10-14-6-3-7-16-15(14)11-17/h2,4-5,8,14-16H,3,6-7,9-11H2,1H3. The van der Waals surface area contributed by atoms with Crippen LogP contribution in [0.25, 0.3) is 0 Å². The highest BCUT2D eigenvalue weighted by atomic mass is 15.2. The largest absolute Gasteiger partial charge is 0.312 e. The summed E-state index contributed by atoms with van der Waals surface area (Å²) in [6, 6.07) is 9.67. The van der Waals surface area contributed by atoms with E-state index in [1.165, 1.54) is 43.6 Å². The minimum Gasteiger partial charge on any atom is -0.312 e. The van der Waals surface area contributed by atoms with Gasteiger partial charge in [-0.05, 0) is 37.8 Å². The molecule has 0 bridgehead atoms. The number of aryl methyl sites for hydroxylation is 1. The minimum absolute atomic E-state index is 0.758. The van der Waals surface area contributed by atoms with Gasteiger partial charge in [-0.15, -0.1) is 0 Å². The lowest BCUT2D eigenvalue weighted by atomic mass is 9.94. The number of hydrogen-bond donors (Lipinski definition) is 1. The molecule has 2 heterocycles. The quantitative estimate of drug-likeness (QED) is 0.837. The molecule has 2 aliphatic heterocycles. The fraction of sp³-hybridized carbons (Fsp3) is 0.600. The zero-order valence-corrected chi connectivity index (χ0v) is 10.7. The van der Waals surface area contributed by atoms with Crippen molar-refractivity contribution >= 4 is 0 Å². The van der Waals surface area contributed by atoms with Gasteiger partial charge in [-0.2, -0.15) is 0 Å². The molecule has 2 atom stereocenters. The van der Waals surface area contributed by atoms with Crippen LogP contribution in [-0.4, -0.2) is 30.6 Å². The predicted molar refractivity (Wildman–Crippen MR) is 71.0 cm³/mol. The van der Waals surface area contributed by atoms with Gasteiger partial charge in [0.15, 0.2) is 0 Å². The van der Waals surface area contributed by atoms with Crippen molar-refractivity contribution in [3.63, 3.8) is 0 Å². The fourth-order valence-electron chi connectivity index (χ4n) is 3.33. The van der Waals surface area contributed by atoms with Gasteiger partial charge in [-0.3, -0.25) is 4.90 Å². The van der Waals surface area contributed by atoms with Crippen LogP contribution in [0.4, 0.5) is 0 Å². The molecule has 1 aromatic carbocycles. The maximum absolute atomic E-state index is 3.67. The Morgan fingerprint density at radius 3 is 3.12 bits per heavy atom. The van der Waals surface area contributed by atoms with Crippen molar-refractivity contribution in [2.75, 3.05) is 19.6 Å². The molecule has 17 heavy (non-hydrogen) atoms. The summed E-state index contributed by atoms with van der Waals surface area (Å²) in [6.07, 6.45) is 2.78. The summed E-state index contributed by atoms with van der Waals surface area (Å²) in [5.41, 5.74) is 2.83. The van der Waals surface area contributed by atoms with Crippen molar-refractivity contribution in [3.8, 4) is 0 Å². The molecule has 2 fully saturated rings. The van der Waals surface area contributed by atoms with E-state index < -0.39 is 0 Å². The number of nitrogens with one attached hydrogen (secondary N) is 1. The van der Waals surface area contributed by atoms with Crippen LogP contribution in [0.15, 0.2) is 24.3 Å². The van der Waals surface area contributed by atoms with E-state index in [0.717, 1.165) is 18.5 Å². The molecule has 3 rings (SSSR count). The van der Waals surface area contributed by atoms with Crippen molar-refractivity contribution in [1.29, 1.82) is 0 Å². The summed E-state index contributed by atoms with van der Waals surface area (Å²) in [5, 5.41) is 3.67. The molecule has 2 nitrogen and oxygen atoms in total. The van der Waals surface area contributed by atoms with Gasteiger partial charge in [0, 0.05) is 25.7 Å². The molecule has 0 aliphatic carbocycles. The first-order valence-electron chi connectivity index (χ1n) is 6.82. The van der Waals surface area contributed by atoms with Gasteiger partial charge >= 0.3 is 0 Å². The van der Waals surface area contributed by atoms with Crippen LogP contribution in [0.3, 0.4) is 0 Å². The third-order valence-corrected chi connectivity index (χ3v) is 4.16. The Bertz CT molecular complexity index is 374. The highest BCUT2D eigenvalue weighted by Crippen LogP contribution is 2.26. The molecule has 1 N–H and O–H groups in total. The molecular weight excluding hydrogens is 208 g/mol. The second-order valence-corrected chi connectivity index (χ2v) is 5.65. The van der Waals surface area contributed by atoms with Gasteiger partial charge < -0.3 is 5.32 Å². The number of piperidine rings is 1. The number of rotatable bonds is 2. The Hall–Kier alpha value is -0.860. The number of likely N-dealkylation sites (tertiary alicyclic amines) is 1. The topological polar surface area (TPSA) is 15.3 Å². The molecule has 0 aromatic heterocycles. The normalized spacial score (nSPS) is 29.2. The van der Waals surface area contributed by atoms with E-state index in [1.54, 1.807) is 0 Å². The summed E-state index contributed by atoms with van der Waals surface area (Å²) in [4.78, 5) is 2.61. The SMILES string of the molecule is Cc1cccc(CN2CC3CCCNC3C2)c1. The van der Waals surface area contributed by atoms with Crippen LogP contribution in [-0.2, 0) is 6.54 Å². The Morgan fingerprint density at radius 2 is 2.29 bits per heavy atom. The fourth-order valence-corrected chi connectivity index (χ4v) is 3.33. The molecule has 0 spiro atoms. The van der Waals surface area contributed by atoms with Gasteiger partial charge in [-0.25, -0.2) is 0 Å². The monoisotopic (exact) mass is 230 g/mol. The predicted octanol–water partition coefficient (Wildman–Crippen LogP) is 2.18. The third-order valence-electron chi connectivity index (χ3n) is 4.16. The van der Waals surface area contributed by atoms with Crippen molar-refractivity contribution in [2.24, 2.45) is 5.92 Å². The van der Waals surface area contributed by atoms with Gasteiger partial charge in [0.1, 0.15) is 0 Å². The lowest BCUT2D eigenvalue weighted by molar-refractivity contribution is 0.312. The summed E-state index contributed by atoms with van der Waals surface area (Å²) in [7, 11) is 0. The van der Waals surface area contributed by atoms with Crippen LogP contribution in [0, 0.1) is 12.8 Å². The first kappa shape index (κ1) is 11.2. The average Bonchev–Trinajstić information content (AvgIpc) is 2.71. The molecular formula is C15H22N2. The molecule has 0 radical (unpaired) electrons. The number of nitrogens with zero attached hydrogens (tertiary/aromatic N) is 1. The molecule has 2 unspecified atom stereocenters. The summed E-state index contributed by atoms with van der Waals surface area (Å²) >= 11 is 0. The first-order chi connectivity index (χ1) is 8.31. The zero-order valence-electron chi connectivity index (χ0n) is 10.7. The van der Waals surface area contributed by atoms with Gasteiger partial charge in [0.25, 0.3) is 0 Å². The van der Waals surface area contributed by atoms with E-state index >= 15 is 0 Å². The van der Waals surface area contributed by atoms with Gasteiger partial charge in [0.05, 0.1) is 0 Å².